The summed E-state index contributed by atoms with van der Waals surface area (Å²) in [4.78, 5) is 34.1. The number of nitrogens with zero attached hydrogens (tertiary/aromatic N) is 5. The maximum atomic E-state index is 12.5. The lowest BCUT2D eigenvalue weighted by molar-refractivity contribution is -0.122. The minimum atomic E-state index is -1.06. The smallest absolute Gasteiger partial charge is 0.277 e. The Morgan fingerprint density at radius 1 is 1.35 bits per heavy atom. The summed E-state index contributed by atoms with van der Waals surface area (Å²) in [6.45, 7) is 0.0367. The molecule has 1 saturated carbocycles. The van der Waals surface area contributed by atoms with E-state index in [0.29, 0.717) is 17.6 Å². The van der Waals surface area contributed by atoms with E-state index < -0.39 is 6.35 Å². The number of rotatable bonds is 4. The Balaban J connectivity index is 1.68. The highest BCUT2D eigenvalue weighted by atomic mass is 16.3. The number of hydrogen-bond acceptors (Lipinski definition) is 6. The minimum Gasteiger partial charge on any atom is -0.356 e. The second kappa shape index (κ2) is 7.24. The molecular formula is C17H28N6O3. The number of hydrogen-bond donors (Lipinski definition) is 2. The van der Waals surface area contributed by atoms with E-state index in [0.717, 1.165) is 25.7 Å². The van der Waals surface area contributed by atoms with Crippen molar-refractivity contribution < 1.29 is 14.7 Å². The molecule has 2 heterocycles. The van der Waals surface area contributed by atoms with Gasteiger partial charge in [0.05, 0.1) is 6.33 Å². The number of aliphatic hydroxyl groups excluding tert-OH is 1. The van der Waals surface area contributed by atoms with Gasteiger partial charge in [-0.3, -0.25) is 14.5 Å². The summed E-state index contributed by atoms with van der Waals surface area (Å²) in [6.07, 6.45) is 4.60. The Morgan fingerprint density at radius 3 is 2.77 bits per heavy atom. The van der Waals surface area contributed by atoms with Gasteiger partial charge in [-0.25, -0.2) is 4.98 Å². The largest absolute Gasteiger partial charge is 0.356 e. The molecule has 0 bridgehead atoms. The molecule has 2 N–H and O–H groups in total. The van der Waals surface area contributed by atoms with E-state index in [4.69, 9.17) is 0 Å². The van der Waals surface area contributed by atoms with Crippen molar-refractivity contribution in [2.45, 2.75) is 50.7 Å². The van der Waals surface area contributed by atoms with Gasteiger partial charge in [-0.15, -0.1) is 0 Å². The number of nitrogens with one attached hydrogen (secondary N) is 1. The standard InChI is InChI=1S/C17H28N6O3/c1-20(2)12-7-5-6-11(8-12)19-13(24)9-23-10-18-15-14(23)16(25)22(4)17(26)21(15)3/h10-12,17,26H,5-9H2,1-4H3,(H,19,24). The summed E-state index contributed by atoms with van der Waals surface area (Å²) in [5.41, 5.74) is 0.324. The average molecular weight is 364 g/mol. The van der Waals surface area contributed by atoms with Crippen LogP contribution < -0.4 is 10.2 Å². The van der Waals surface area contributed by atoms with E-state index in [1.807, 2.05) is 0 Å². The lowest BCUT2D eigenvalue weighted by Gasteiger charge is -2.36. The van der Waals surface area contributed by atoms with Crippen LogP contribution in [0.25, 0.3) is 0 Å². The molecule has 1 aromatic heterocycles. The van der Waals surface area contributed by atoms with E-state index in [9.17, 15) is 14.7 Å². The first-order valence-corrected chi connectivity index (χ1v) is 8.98. The fourth-order valence-corrected chi connectivity index (χ4v) is 3.80. The molecule has 3 unspecified atom stereocenters. The second-order valence-corrected chi connectivity index (χ2v) is 7.47. The van der Waals surface area contributed by atoms with Crippen molar-refractivity contribution in [1.82, 2.24) is 24.7 Å². The van der Waals surface area contributed by atoms with Gasteiger partial charge in [-0.2, -0.15) is 0 Å². The molecule has 2 aliphatic rings. The lowest BCUT2D eigenvalue weighted by atomic mass is 9.90. The molecule has 3 rings (SSSR count). The van der Waals surface area contributed by atoms with Gasteiger partial charge >= 0.3 is 0 Å². The van der Waals surface area contributed by atoms with Gasteiger partial charge < -0.3 is 24.8 Å². The number of carbonyl (C=O) groups excluding carboxylic acids is 2. The summed E-state index contributed by atoms with van der Waals surface area (Å²) in [7, 11) is 7.32. The van der Waals surface area contributed by atoms with Crippen LogP contribution in [0.15, 0.2) is 6.33 Å². The normalized spacial score (nSPS) is 26.2. The third-order valence-corrected chi connectivity index (χ3v) is 5.42. The van der Waals surface area contributed by atoms with Crippen LogP contribution >= 0.6 is 0 Å². The van der Waals surface area contributed by atoms with Crippen LogP contribution in [0, 0.1) is 0 Å². The van der Waals surface area contributed by atoms with E-state index in [1.54, 1.807) is 11.6 Å². The molecule has 3 atom stereocenters. The Hall–Kier alpha value is -2.13. The van der Waals surface area contributed by atoms with Gasteiger partial charge in [0.25, 0.3) is 5.91 Å². The van der Waals surface area contributed by atoms with Gasteiger partial charge in [0.2, 0.25) is 12.3 Å². The average Bonchev–Trinajstić information content (AvgIpc) is 3.01. The molecule has 144 valence electrons. The first kappa shape index (κ1) is 18.7. The zero-order chi connectivity index (χ0) is 19.0. The minimum absolute atomic E-state index is 0.0367. The molecule has 1 aromatic rings. The van der Waals surface area contributed by atoms with E-state index >= 15 is 0 Å². The molecule has 0 radical (unpaired) electrons. The number of aliphatic hydroxyl groups is 1. The van der Waals surface area contributed by atoms with Gasteiger partial charge in [0.15, 0.2) is 11.5 Å². The highest BCUT2D eigenvalue weighted by Gasteiger charge is 2.36. The monoisotopic (exact) mass is 364 g/mol. The quantitative estimate of drug-likeness (QED) is 0.760. The lowest BCUT2D eigenvalue weighted by Crippen LogP contribution is -2.52. The molecule has 1 aliphatic carbocycles. The number of imidazole rings is 1. The van der Waals surface area contributed by atoms with Crippen molar-refractivity contribution in [1.29, 1.82) is 0 Å². The van der Waals surface area contributed by atoms with Crippen LogP contribution in [0.4, 0.5) is 5.82 Å². The highest BCUT2D eigenvalue weighted by molar-refractivity contribution is 5.99. The predicted octanol–water partition coefficient (Wildman–Crippen LogP) is -0.330. The predicted molar refractivity (Wildman–Crippen MR) is 96.6 cm³/mol. The Labute approximate surface area is 153 Å². The zero-order valence-electron chi connectivity index (χ0n) is 15.8. The summed E-state index contributed by atoms with van der Waals surface area (Å²) >= 11 is 0. The number of aromatic nitrogens is 2. The molecule has 1 fully saturated rings. The first-order chi connectivity index (χ1) is 12.3. The maximum Gasteiger partial charge on any atom is 0.277 e. The molecule has 9 nitrogen and oxygen atoms in total. The van der Waals surface area contributed by atoms with Crippen molar-refractivity contribution in [3.63, 3.8) is 0 Å². The van der Waals surface area contributed by atoms with Gasteiger partial charge in [-0.05, 0) is 39.8 Å². The van der Waals surface area contributed by atoms with Crippen LogP contribution in [-0.4, -0.2) is 82.9 Å². The van der Waals surface area contributed by atoms with E-state index in [2.05, 4.69) is 29.3 Å². The molecule has 2 amide bonds. The maximum absolute atomic E-state index is 12.5. The molecule has 1 aliphatic heterocycles. The van der Waals surface area contributed by atoms with Crippen LogP contribution in [0.5, 0.6) is 0 Å². The van der Waals surface area contributed by atoms with Crippen molar-refractivity contribution in [3.8, 4) is 0 Å². The van der Waals surface area contributed by atoms with Crippen molar-refractivity contribution >= 4 is 17.6 Å². The zero-order valence-corrected chi connectivity index (χ0v) is 15.8. The summed E-state index contributed by atoms with van der Waals surface area (Å²) in [5, 5.41) is 13.1. The van der Waals surface area contributed by atoms with Gasteiger partial charge in [0, 0.05) is 26.2 Å². The second-order valence-electron chi connectivity index (χ2n) is 7.47. The van der Waals surface area contributed by atoms with Crippen molar-refractivity contribution in [2.75, 3.05) is 33.1 Å². The molecule has 9 heteroatoms. The van der Waals surface area contributed by atoms with E-state index in [1.165, 1.54) is 23.2 Å². The Morgan fingerprint density at radius 2 is 2.08 bits per heavy atom. The molecule has 26 heavy (non-hydrogen) atoms. The first-order valence-electron chi connectivity index (χ1n) is 8.98. The van der Waals surface area contributed by atoms with Gasteiger partial charge in [-0.1, -0.05) is 0 Å². The Kier molecular flexibility index (Phi) is 5.19. The van der Waals surface area contributed by atoms with Crippen LogP contribution in [0.3, 0.4) is 0 Å². The number of amides is 2. The number of carbonyl (C=O) groups is 2. The van der Waals surface area contributed by atoms with Crippen molar-refractivity contribution in [3.05, 3.63) is 12.0 Å². The number of fused-ring (bicyclic) bond motifs is 1. The van der Waals surface area contributed by atoms with Crippen LogP contribution in [0.1, 0.15) is 36.2 Å². The molecular weight excluding hydrogens is 336 g/mol. The summed E-state index contributed by atoms with van der Waals surface area (Å²) < 4.78 is 1.55. The Bertz CT molecular complexity index is 688. The fraction of sp³-hybridized carbons (Fsp3) is 0.706. The van der Waals surface area contributed by atoms with Crippen LogP contribution in [-0.2, 0) is 11.3 Å². The SMILES string of the molecule is CN(C)C1CCCC(NC(=O)Cn2cnc3c2C(=O)N(C)C(O)N3C)C1. The highest BCUT2D eigenvalue weighted by Crippen LogP contribution is 2.27. The van der Waals surface area contributed by atoms with Gasteiger partial charge in [0.1, 0.15) is 6.54 Å². The third kappa shape index (κ3) is 3.41. The van der Waals surface area contributed by atoms with E-state index in [-0.39, 0.29) is 24.4 Å². The topological polar surface area (TPSA) is 93.9 Å². The summed E-state index contributed by atoms with van der Waals surface area (Å²) in [6, 6.07) is 0.645. The molecule has 0 aromatic carbocycles. The third-order valence-electron chi connectivity index (χ3n) is 5.42. The summed E-state index contributed by atoms with van der Waals surface area (Å²) in [5.74, 6) is -0.0844. The van der Waals surface area contributed by atoms with Crippen molar-refractivity contribution in [2.24, 2.45) is 0 Å². The molecule has 0 saturated heterocycles. The fourth-order valence-electron chi connectivity index (χ4n) is 3.80. The number of anilines is 1. The van der Waals surface area contributed by atoms with Crippen LogP contribution in [0.2, 0.25) is 0 Å². The molecule has 0 spiro atoms.